The number of carbonyl (C=O) groups excluding carboxylic acids is 7. The van der Waals surface area contributed by atoms with Crippen LogP contribution in [0, 0.1) is 5.92 Å². The molecule has 12 N–H and O–H groups in total. The number of ketones is 1. The minimum absolute atomic E-state index is 0.0720. The lowest BCUT2D eigenvalue weighted by molar-refractivity contribution is -0.133. The van der Waals surface area contributed by atoms with Gasteiger partial charge in [0.25, 0.3) is 0 Å². The van der Waals surface area contributed by atoms with Gasteiger partial charge in [0.15, 0.2) is 5.78 Å². The van der Waals surface area contributed by atoms with Gasteiger partial charge < -0.3 is 53.8 Å². The quantitative estimate of drug-likeness (QED) is 0.0777. The maximum absolute atomic E-state index is 13.1. The SMILES string of the molecule is CC(C)[C@H](NC(=O)CNC(=O)CNC(=O)CNC(=O)OCC1c2ccccc2-c2ccccc21)C(=O)N[C@@H](CCCNC(N)=O)C(=O)C(N)CN. The summed E-state index contributed by atoms with van der Waals surface area (Å²) >= 11 is 0. The van der Waals surface area contributed by atoms with Gasteiger partial charge in [-0.3, -0.25) is 24.0 Å². The van der Waals surface area contributed by atoms with Gasteiger partial charge in [0.2, 0.25) is 23.6 Å². The van der Waals surface area contributed by atoms with E-state index in [1.807, 2.05) is 48.5 Å². The molecule has 0 saturated heterocycles. The fraction of sp³-hybridized carbons (Fsp3) is 0.441. The molecular formula is C34H47N9O8. The van der Waals surface area contributed by atoms with Gasteiger partial charge in [-0.05, 0) is 41.0 Å². The molecule has 0 aromatic heterocycles. The van der Waals surface area contributed by atoms with Crippen LogP contribution >= 0.6 is 0 Å². The molecule has 0 spiro atoms. The van der Waals surface area contributed by atoms with Crippen LogP contribution < -0.4 is 49.1 Å². The van der Waals surface area contributed by atoms with Crippen LogP contribution in [0.25, 0.3) is 11.1 Å². The van der Waals surface area contributed by atoms with Crippen molar-refractivity contribution in [2.24, 2.45) is 23.1 Å². The van der Waals surface area contributed by atoms with Gasteiger partial charge in [0.1, 0.15) is 19.2 Å². The zero-order valence-electron chi connectivity index (χ0n) is 28.7. The summed E-state index contributed by atoms with van der Waals surface area (Å²) in [7, 11) is 0. The second-order valence-electron chi connectivity index (χ2n) is 12.3. The summed E-state index contributed by atoms with van der Waals surface area (Å²) < 4.78 is 5.40. The number of Topliss-reactive ketones (excluding diaryl/α,β-unsaturated/α-hetero) is 1. The molecule has 1 aliphatic rings. The summed E-state index contributed by atoms with van der Waals surface area (Å²) in [4.78, 5) is 86.2. The van der Waals surface area contributed by atoms with E-state index in [0.717, 1.165) is 22.3 Å². The molecule has 17 heteroatoms. The molecule has 0 saturated carbocycles. The second kappa shape index (κ2) is 19.6. The number of primary amides is 1. The molecule has 0 fully saturated rings. The fourth-order valence-corrected chi connectivity index (χ4v) is 5.48. The normalized spacial score (nSPS) is 13.4. The molecule has 0 bridgehead atoms. The van der Waals surface area contributed by atoms with Crippen molar-refractivity contribution >= 4 is 41.5 Å². The average molecular weight is 710 g/mol. The molecule has 1 unspecified atom stereocenters. The number of nitrogens with two attached hydrogens (primary N) is 3. The van der Waals surface area contributed by atoms with Gasteiger partial charge in [-0.2, -0.15) is 0 Å². The number of benzene rings is 2. The van der Waals surface area contributed by atoms with Crippen molar-refractivity contribution in [1.82, 2.24) is 31.9 Å². The molecule has 1 aliphatic carbocycles. The maximum atomic E-state index is 13.1. The molecule has 0 aliphatic heterocycles. The monoisotopic (exact) mass is 709 g/mol. The third-order valence-corrected chi connectivity index (χ3v) is 8.14. The molecule has 0 radical (unpaired) electrons. The van der Waals surface area contributed by atoms with E-state index in [4.69, 9.17) is 21.9 Å². The van der Waals surface area contributed by atoms with Crippen LogP contribution in [0.2, 0.25) is 0 Å². The predicted molar refractivity (Wildman–Crippen MR) is 187 cm³/mol. The van der Waals surface area contributed by atoms with Gasteiger partial charge in [0.05, 0.1) is 25.2 Å². The summed E-state index contributed by atoms with van der Waals surface area (Å²) in [6.07, 6.45) is -0.376. The number of nitrogens with one attached hydrogen (secondary N) is 6. The number of hydrogen-bond acceptors (Lipinski definition) is 10. The molecule has 2 aromatic rings. The van der Waals surface area contributed by atoms with Crippen molar-refractivity contribution < 1.29 is 38.3 Å². The highest BCUT2D eigenvalue weighted by Gasteiger charge is 2.31. The lowest BCUT2D eigenvalue weighted by Crippen LogP contribution is -2.57. The zero-order valence-corrected chi connectivity index (χ0v) is 28.7. The Kier molecular flexibility index (Phi) is 15.3. The van der Waals surface area contributed by atoms with Crippen LogP contribution in [0.3, 0.4) is 0 Å². The minimum atomic E-state index is -1.08. The van der Waals surface area contributed by atoms with Crippen LogP contribution in [-0.2, 0) is 28.7 Å². The van der Waals surface area contributed by atoms with Crippen molar-refractivity contribution in [3.63, 3.8) is 0 Å². The third kappa shape index (κ3) is 12.1. The Hall–Kier alpha value is -5.55. The first-order chi connectivity index (χ1) is 24.3. The number of hydrogen-bond donors (Lipinski definition) is 9. The molecule has 0 heterocycles. The molecule has 51 heavy (non-hydrogen) atoms. The van der Waals surface area contributed by atoms with E-state index in [1.54, 1.807) is 13.8 Å². The molecule has 2 aromatic carbocycles. The minimum Gasteiger partial charge on any atom is -0.449 e. The molecule has 276 valence electrons. The Labute approximate surface area is 295 Å². The van der Waals surface area contributed by atoms with Crippen LogP contribution in [-0.4, -0.2) is 99.0 Å². The third-order valence-electron chi connectivity index (χ3n) is 8.14. The first-order valence-corrected chi connectivity index (χ1v) is 16.6. The summed E-state index contributed by atoms with van der Waals surface area (Å²) in [5.41, 5.74) is 20.6. The number of amides is 7. The van der Waals surface area contributed by atoms with Crippen molar-refractivity contribution in [2.45, 2.75) is 50.7 Å². The Morgan fingerprint density at radius 2 is 1.31 bits per heavy atom. The highest BCUT2D eigenvalue weighted by molar-refractivity contribution is 5.96. The number of fused-ring (bicyclic) bond motifs is 3. The number of urea groups is 1. The summed E-state index contributed by atoms with van der Waals surface area (Å²) in [5, 5.41) is 14.6. The highest BCUT2D eigenvalue weighted by Crippen LogP contribution is 2.44. The van der Waals surface area contributed by atoms with E-state index >= 15 is 0 Å². The Bertz CT molecular complexity index is 1540. The van der Waals surface area contributed by atoms with E-state index in [2.05, 4.69) is 31.9 Å². The van der Waals surface area contributed by atoms with Gasteiger partial charge in [-0.1, -0.05) is 62.4 Å². The summed E-state index contributed by atoms with van der Waals surface area (Å²) in [6, 6.07) is 11.9. The lowest BCUT2D eigenvalue weighted by Gasteiger charge is -2.26. The average Bonchev–Trinajstić information content (AvgIpc) is 3.43. The second-order valence-corrected chi connectivity index (χ2v) is 12.3. The number of ether oxygens (including phenoxy) is 1. The van der Waals surface area contributed by atoms with Crippen LogP contribution in [0.1, 0.15) is 43.7 Å². The van der Waals surface area contributed by atoms with E-state index in [1.165, 1.54) is 0 Å². The smallest absolute Gasteiger partial charge is 0.407 e. The van der Waals surface area contributed by atoms with Crippen molar-refractivity contribution in [2.75, 3.05) is 39.3 Å². The fourth-order valence-electron chi connectivity index (χ4n) is 5.48. The first-order valence-electron chi connectivity index (χ1n) is 16.6. The molecule has 3 rings (SSSR count). The molecule has 3 atom stereocenters. The predicted octanol–water partition coefficient (Wildman–Crippen LogP) is -1.31. The van der Waals surface area contributed by atoms with E-state index < -0.39 is 85.2 Å². The largest absolute Gasteiger partial charge is 0.449 e. The summed E-state index contributed by atoms with van der Waals surface area (Å²) in [5.74, 6) is -3.80. The first kappa shape index (κ1) is 39.9. The van der Waals surface area contributed by atoms with Gasteiger partial charge in [0, 0.05) is 19.0 Å². The van der Waals surface area contributed by atoms with Crippen molar-refractivity contribution in [3.8, 4) is 11.1 Å². The lowest BCUT2D eigenvalue weighted by atomic mass is 9.98. The number of rotatable bonds is 19. The van der Waals surface area contributed by atoms with E-state index in [0.29, 0.717) is 6.42 Å². The number of carbonyl (C=O) groups is 7. The van der Waals surface area contributed by atoms with Crippen molar-refractivity contribution in [1.29, 1.82) is 0 Å². The standard InChI is InChI=1S/C34H47N9O8/c1-19(2)30(32(48)42-26(31(47)25(36)14-35)12-7-13-38-33(37)49)43-29(46)17-40-27(44)15-39-28(45)16-41-34(50)51-18-24-22-10-5-3-8-20(22)21-9-4-6-11-23(21)24/h3-6,8-11,19,24-26,30H,7,12-18,35-36H2,1-2H3,(H,39,45)(H,40,44)(H,41,50)(H,42,48)(H,43,46)(H3,37,38,49)/t25?,26-,30-/m0/s1. The molecular weight excluding hydrogens is 662 g/mol. The van der Waals surface area contributed by atoms with Gasteiger partial charge >= 0.3 is 12.1 Å². The van der Waals surface area contributed by atoms with E-state index in [-0.39, 0.29) is 32.0 Å². The topological polar surface area (TPSA) is 279 Å². The van der Waals surface area contributed by atoms with Crippen LogP contribution in [0.4, 0.5) is 9.59 Å². The zero-order chi connectivity index (χ0) is 37.5. The van der Waals surface area contributed by atoms with Crippen molar-refractivity contribution in [3.05, 3.63) is 59.7 Å². The Morgan fingerprint density at radius 1 is 0.765 bits per heavy atom. The Morgan fingerprint density at radius 3 is 1.86 bits per heavy atom. The molecule has 17 nitrogen and oxygen atoms in total. The highest BCUT2D eigenvalue weighted by atomic mass is 16.5. The Balaban J connectivity index is 1.39. The number of alkyl carbamates (subject to hydrolysis) is 1. The summed E-state index contributed by atoms with van der Waals surface area (Å²) in [6.45, 7) is 1.99. The van der Waals surface area contributed by atoms with Gasteiger partial charge in [-0.15, -0.1) is 0 Å². The van der Waals surface area contributed by atoms with Crippen LogP contribution in [0.15, 0.2) is 48.5 Å². The van der Waals surface area contributed by atoms with Gasteiger partial charge in [-0.25, -0.2) is 9.59 Å². The maximum Gasteiger partial charge on any atom is 0.407 e. The van der Waals surface area contributed by atoms with E-state index in [9.17, 15) is 33.6 Å². The molecule has 7 amide bonds. The van der Waals surface area contributed by atoms with Crippen LogP contribution in [0.5, 0.6) is 0 Å².